The second-order valence-corrected chi connectivity index (χ2v) is 5.47. The standard InChI is InChI=1S/C16H18N4O4/c1-18-12-13(19(2)15(22)14(18)21)20(3)16(17-12)24-9-10-5-7-11(23-4)8-6-10/h5-8H,9H2,1-4H3. The van der Waals surface area contributed by atoms with Crippen LogP contribution in [0.5, 0.6) is 11.8 Å². The number of hydrogen-bond acceptors (Lipinski definition) is 5. The molecular weight excluding hydrogens is 312 g/mol. The van der Waals surface area contributed by atoms with Crippen molar-refractivity contribution >= 4 is 11.3 Å². The summed E-state index contributed by atoms with van der Waals surface area (Å²) in [5.74, 6) is 0.770. The van der Waals surface area contributed by atoms with E-state index in [9.17, 15) is 9.59 Å². The van der Waals surface area contributed by atoms with Gasteiger partial charge in [-0.25, -0.2) is 0 Å². The monoisotopic (exact) mass is 330 g/mol. The van der Waals surface area contributed by atoms with Crippen molar-refractivity contribution in [3.05, 3.63) is 50.5 Å². The van der Waals surface area contributed by atoms with Crippen molar-refractivity contribution in [3.63, 3.8) is 0 Å². The number of rotatable bonds is 4. The number of nitrogens with zero attached hydrogens (tertiary/aromatic N) is 4. The third kappa shape index (κ3) is 2.45. The lowest BCUT2D eigenvalue weighted by atomic mass is 10.2. The number of benzene rings is 1. The minimum absolute atomic E-state index is 0.309. The number of methoxy groups -OCH3 is 1. The van der Waals surface area contributed by atoms with E-state index in [1.54, 1.807) is 25.8 Å². The molecule has 0 fully saturated rings. The van der Waals surface area contributed by atoms with Crippen molar-refractivity contribution in [1.82, 2.24) is 18.7 Å². The first kappa shape index (κ1) is 15.9. The van der Waals surface area contributed by atoms with E-state index in [1.165, 1.54) is 16.2 Å². The number of aryl methyl sites for hydroxylation is 3. The van der Waals surface area contributed by atoms with E-state index in [2.05, 4.69) is 4.98 Å². The van der Waals surface area contributed by atoms with E-state index in [0.717, 1.165) is 11.3 Å². The largest absolute Gasteiger partial charge is 0.497 e. The molecule has 126 valence electrons. The zero-order valence-electron chi connectivity index (χ0n) is 13.9. The molecule has 0 aliphatic carbocycles. The lowest BCUT2D eigenvalue weighted by molar-refractivity contribution is 0.272. The van der Waals surface area contributed by atoms with Gasteiger partial charge in [0.2, 0.25) is 0 Å². The van der Waals surface area contributed by atoms with Gasteiger partial charge in [-0.05, 0) is 17.7 Å². The Morgan fingerprint density at radius 1 is 0.958 bits per heavy atom. The number of ether oxygens (including phenoxy) is 2. The van der Waals surface area contributed by atoms with Crippen LogP contribution in [0.15, 0.2) is 33.9 Å². The van der Waals surface area contributed by atoms with Crippen molar-refractivity contribution < 1.29 is 9.47 Å². The van der Waals surface area contributed by atoms with Crippen molar-refractivity contribution in [2.24, 2.45) is 21.1 Å². The molecule has 1 aromatic carbocycles. The van der Waals surface area contributed by atoms with Gasteiger partial charge in [0.05, 0.1) is 7.11 Å². The zero-order chi connectivity index (χ0) is 17.4. The average molecular weight is 330 g/mol. The summed E-state index contributed by atoms with van der Waals surface area (Å²) in [6, 6.07) is 7.82. The third-order valence-electron chi connectivity index (χ3n) is 3.96. The molecule has 0 spiro atoms. The van der Waals surface area contributed by atoms with E-state index in [1.807, 2.05) is 24.3 Å². The highest BCUT2D eigenvalue weighted by atomic mass is 16.5. The Morgan fingerprint density at radius 3 is 2.21 bits per heavy atom. The Labute approximate surface area is 137 Å². The molecule has 0 saturated carbocycles. The van der Waals surface area contributed by atoms with Crippen molar-refractivity contribution in [2.45, 2.75) is 6.61 Å². The van der Waals surface area contributed by atoms with Crippen LogP contribution in [0.3, 0.4) is 0 Å². The molecule has 0 aliphatic rings. The number of hydrogen-bond donors (Lipinski definition) is 0. The first-order chi connectivity index (χ1) is 11.4. The van der Waals surface area contributed by atoms with Crippen LogP contribution in [0, 0.1) is 0 Å². The van der Waals surface area contributed by atoms with Gasteiger partial charge in [-0.2, -0.15) is 4.98 Å². The van der Waals surface area contributed by atoms with Gasteiger partial charge in [-0.15, -0.1) is 0 Å². The maximum absolute atomic E-state index is 11.9. The predicted octanol–water partition coefficient (Wildman–Crippen LogP) is 0.558. The van der Waals surface area contributed by atoms with Crippen LogP contribution in [0.25, 0.3) is 11.3 Å². The zero-order valence-corrected chi connectivity index (χ0v) is 13.9. The lowest BCUT2D eigenvalue weighted by Crippen LogP contribution is -2.39. The summed E-state index contributed by atoms with van der Waals surface area (Å²) in [6.07, 6.45) is 0. The van der Waals surface area contributed by atoms with Crippen LogP contribution in [0.1, 0.15) is 5.56 Å². The number of fused-ring (bicyclic) bond motifs is 1. The molecule has 0 saturated heterocycles. The van der Waals surface area contributed by atoms with E-state index in [-0.39, 0.29) is 0 Å². The van der Waals surface area contributed by atoms with Crippen molar-refractivity contribution in [2.75, 3.05) is 7.11 Å². The summed E-state index contributed by atoms with van der Waals surface area (Å²) in [7, 11) is 6.41. The Bertz CT molecular complexity index is 1010. The molecule has 0 unspecified atom stereocenters. The van der Waals surface area contributed by atoms with Gasteiger partial charge in [-0.1, -0.05) is 12.1 Å². The molecule has 0 radical (unpaired) electrons. The van der Waals surface area contributed by atoms with Crippen molar-refractivity contribution in [3.8, 4) is 11.8 Å². The first-order valence-corrected chi connectivity index (χ1v) is 7.32. The van der Waals surface area contributed by atoms with Gasteiger partial charge in [-0.3, -0.25) is 23.3 Å². The fourth-order valence-corrected chi connectivity index (χ4v) is 2.53. The minimum Gasteiger partial charge on any atom is -0.497 e. The molecule has 3 rings (SSSR count). The number of imidazole rings is 1. The molecule has 2 heterocycles. The topological polar surface area (TPSA) is 80.3 Å². The third-order valence-corrected chi connectivity index (χ3v) is 3.96. The molecule has 3 aromatic rings. The Hall–Kier alpha value is -3.03. The molecule has 8 nitrogen and oxygen atoms in total. The van der Waals surface area contributed by atoms with E-state index in [4.69, 9.17) is 9.47 Å². The normalized spacial score (nSPS) is 11.0. The minimum atomic E-state index is -0.621. The fourth-order valence-electron chi connectivity index (χ4n) is 2.53. The molecular formula is C16H18N4O4. The van der Waals surface area contributed by atoms with Crippen LogP contribution in [-0.2, 0) is 27.7 Å². The van der Waals surface area contributed by atoms with E-state index >= 15 is 0 Å². The van der Waals surface area contributed by atoms with Gasteiger partial charge >= 0.3 is 11.1 Å². The van der Waals surface area contributed by atoms with Gasteiger partial charge in [0, 0.05) is 21.1 Å². The van der Waals surface area contributed by atoms with Gasteiger partial charge < -0.3 is 9.47 Å². The number of aromatic nitrogens is 4. The summed E-state index contributed by atoms with van der Waals surface area (Å²) >= 11 is 0. The second-order valence-electron chi connectivity index (χ2n) is 5.47. The SMILES string of the molecule is COc1ccc(COc2nc3c(n2C)n(C)c(=O)c(=O)n3C)cc1. The highest BCUT2D eigenvalue weighted by Crippen LogP contribution is 2.19. The molecule has 8 heteroatoms. The summed E-state index contributed by atoms with van der Waals surface area (Å²) in [6.45, 7) is 0.309. The molecule has 0 atom stereocenters. The lowest BCUT2D eigenvalue weighted by Gasteiger charge is -2.07. The van der Waals surface area contributed by atoms with Crippen LogP contribution in [0.2, 0.25) is 0 Å². The van der Waals surface area contributed by atoms with Crippen LogP contribution in [0.4, 0.5) is 0 Å². The maximum Gasteiger partial charge on any atom is 0.317 e. The molecule has 2 aromatic heterocycles. The quantitative estimate of drug-likeness (QED) is 0.653. The average Bonchev–Trinajstić information content (AvgIpc) is 2.93. The Kier molecular flexibility index (Phi) is 3.88. The van der Waals surface area contributed by atoms with Crippen LogP contribution >= 0.6 is 0 Å². The van der Waals surface area contributed by atoms with E-state index in [0.29, 0.717) is 23.9 Å². The molecule has 0 bridgehead atoms. The Morgan fingerprint density at radius 2 is 1.58 bits per heavy atom. The summed E-state index contributed by atoms with van der Waals surface area (Å²) < 4.78 is 15.0. The van der Waals surface area contributed by atoms with Gasteiger partial charge in [0.15, 0.2) is 11.3 Å². The van der Waals surface area contributed by atoms with Crippen LogP contribution < -0.4 is 20.6 Å². The highest BCUT2D eigenvalue weighted by molar-refractivity contribution is 5.68. The predicted molar refractivity (Wildman–Crippen MR) is 88.5 cm³/mol. The first-order valence-electron chi connectivity index (χ1n) is 7.32. The summed E-state index contributed by atoms with van der Waals surface area (Å²) in [5.41, 5.74) is 0.645. The second kappa shape index (κ2) is 5.88. The van der Waals surface area contributed by atoms with Crippen LogP contribution in [-0.4, -0.2) is 25.8 Å². The molecule has 0 aliphatic heterocycles. The van der Waals surface area contributed by atoms with Gasteiger partial charge in [0.1, 0.15) is 12.4 Å². The smallest absolute Gasteiger partial charge is 0.317 e. The van der Waals surface area contributed by atoms with E-state index < -0.39 is 11.1 Å². The molecule has 0 N–H and O–H groups in total. The molecule has 0 amide bonds. The highest BCUT2D eigenvalue weighted by Gasteiger charge is 2.17. The fraction of sp³-hybridized carbons (Fsp3) is 0.312. The summed E-state index contributed by atoms with van der Waals surface area (Å²) in [4.78, 5) is 28.2. The van der Waals surface area contributed by atoms with Gasteiger partial charge in [0.25, 0.3) is 6.01 Å². The maximum atomic E-state index is 11.9. The molecule has 24 heavy (non-hydrogen) atoms. The Balaban J connectivity index is 1.97. The summed E-state index contributed by atoms with van der Waals surface area (Å²) in [5, 5.41) is 0. The van der Waals surface area contributed by atoms with Crippen molar-refractivity contribution in [1.29, 1.82) is 0 Å².